The molecule has 1 N–H and O–H groups in total. The molecule has 174 valence electrons. The first-order valence-electron chi connectivity index (χ1n) is 11.1. The fourth-order valence-electron chi connectivity index (χ4n) is 3.27. The van der Waals surface area contributed by atoms with Gasteiger partial charge in [0, 0.05) is 17.6 Å². The first-order valence-corrected chi connectivity index (χ1v) is 11.5. The van der Waals surface area contributed by atoms with Gasteiger partial charge in [-0.25, -0.2) is 0 Å². The predicted octanol–water partition coefficient (Wildman–Crippen LogP) is 5.35. The number of para-hydroxylation sites is 1. The number of nitrogens with one attached hydrogen (secondary N) is 1. The number of nitrogens with zero attached hydrogens (tertiary/aromatic N) is 1. The number of hydrogen-bond donors (Lipinski definition) is 1. The van der Waals surface area contributed by atoms with E-state index < -0.39 is 6.04 Å². The molecule has 0 aliphatic rings. The van der Waals surface area contributed by atoms with E-state index in [0.29, 0.717) is 10.8 Å². The Bertz CT molecular complexity index is 906. The predicted molar refractivity (Wildman–Crippen MR) is 130 cm³/mol. The fraction of sp³-hybridized carbons (Fsp3) is 0.462. The lowest BCUT2D eigenvalue weighted by Crippen LogP contribution is -2.50. The van der Waals surface area contributed by atoms with Crippen LogP contribution in [0.25, 0.3) is 0 Å². The summed E-state index contributed by atoms with van der Waals surface area (Å²) in [6, 6.07) is 14.4. The zero-order chi connectivity index (χ0) is 23.9. The third-order valence-corrected chi connectivity index (χ3v) is 5.73. The maximum Gasteiger partial charge on any atom is 0.261 e. The van der Waals surface area contributed by atoms with Gasteiger partial charge in [-0.3, -0.25) is 9.59 Å². The number of rotatable bonds is 9. The van der Waals surface area contributed by atoms with Gasteiger partial charge in [0.05, 0.1) is 0 Å². The van der Waals surface area contributed by atoms with Crippen LogP contribution in [0.3, 0.4) is 0 Å². The molecule has 32 heavy (non-hydrogen) atoms. The van der Waals surface area contributed by atoms with Crippen molar-refractivity contribution in [3.63, 3.8) is 0 Å². The van der Waals surface area contributed by atoms with E-state index in [4.69, 9.17) is 16.3 Å². The van der Waals surface area contributed by atoms with Gasteiger partial charge in [-0.1, -0.05) is 69.6 Å². The maximum absolute atomic E-state index is 13.2. The number of amides is 2. The molecule has 0 fully saturated rings. The molecule has 0 saturated carbocycles. The summed E-state index contributed by atoms with van der Waals surface area (Å²) in [6.07, 6.45) is 0.816. The molecule has 6 heteroatoms. The van der Waals surface area contributed by atoms with Crippen molar-refractivity contribution < 1.29 is 14.3 Å². The quantitative estimate of drug-likeness (QED) is 0.551. The Balaban J connectivity index is 2.21. The number of ether oxygens (including phenoxy) is 1. The van der Waals surface area contributed by atoms with Gasteiger partial charge < -0.3 is 15.0 Å². The first-order chi connectivity index (χ1) is 15.0. The molecule has 0 heterocycles. The summed E-state index contributed by atoms with van der Waals surface area (Å²) in [7, 11) is 0. The van der Waals surface area contributed by atoms with E-state index in [1.165, 1.54) is 0 Å². The molecule has 2 aromatic carbocycles. The van der Waals surface area contributed by atoms with E-state index in [9.17, 15) is 9.59 Å². The Morgan fingerprint density at radius 1 is 1.06 bits per heavy atom. The van der Waals surface area contributed by atoms with Gasteiger partial charge >= 0.3 is 0 Å². The van der Waals surface area contributed by atoms with Gasteiger partial charge in [-0.2, -0.15) is 0 Å². The lowest BCUT2D eigenvalue weighted by atomic mass is 9.86. The van der Waals surface area contributed by atoms with Crippen molar-refractivity contribution in [2.45, 2.75) is 72.0 Å². The third kappa shape index (κ3) is 7.27. The summed E-state index contributed by atoms with van der Waals surface area (Å²) < 4.78 is 5.95. The molecular weight excluding hydrogens is 424 g/mol. The summed E-state index contributed by atoms with van der Waals surface area (Å²) in [4.78, 5) is 27.6. The van der Waals surface area contributed by atoms with Crippen molar-refractivity contribution in [2.75, 3.05) is 6.61 Å². The van der Waals surface area contributed by atoms with Crippen molar-refractivity contribution in [3.8, 4) is 5.75 Å². The highest BCUT2D eigenvalue weighted by Crippen LogP contribution is 2.31. The zero-order valence-corrected chi connectivity index (χ0v) is 20.7. The van der Waals surface area contributed by atoms with Gasteiger partial charge in [-0.05, 0) is 55.0 Å². The summed E-state index contributed by atoms with van der Waals surface area (Å²) in [6.45, 7) is 12.1. The second kappa shape index (κ2) is 11.4. The van der Waals surface area contributed by atoms with Crippen molar-refractivity contribution in [2.24, 2.45) is 0 Å². The molecule has 0 radical (unpaired) electrons. The minimum Gasteiger partial charge on any atom is -0.483 e. The average Bonchev–Trinajstić information content (AvgIpc) is 2.76. The molecule has 2 rings (SSSR count). The summed E-state index contributed by atoms with van der Waals surface area (Å²) >= 11 is 6.00. The molecule has 2 amide bonds. The van der Waals surface area contributed by atoms with Crippen LogP contribution in [0.5, 0.6) is 5.75 Å². The standard InChI is InChI=1S/C26H35ClN2O3/c1-7-18(2)28-25(31)19(3)29(16-20-12-14-21(27)15-13-20)24(30)17-32-23-11-9-8-10-22(23)26(4,5)6/h8-15,18-19H,7,16-17H2,1-6H3,(H,28,31)/t18-,19+/m1/s1. The van der Waals surface area contributed by atoms with E-state index in [1.54, 1.807) is 24.0 Å². The number of hydrogen-bond acceptors (Lipinski definition) is 3. The molecule has 0 spiro atoms. The van der Waals surface area contributed by atoms with Crippen LogP contribution in [0.2, 0.25) is 5.02 Å². The molecule has 0 bridgehead atoms. The highest BCUT2D eigenvalue weighted by atomic mass is 35.5. The monoisotopic (exact) mass is 458 g/mol. The Kier molecular flexibility index (Phi) is 9.14. The normalized spacial score (nSPS) is 13.2. The molecule has 5 nitrogen and oxygen atoms in total. The summed E-state index contributed by atoms with van der Waals surface area (Å²) in [5.41, 5.74) is 1.80. The van der Waals surface area contributed by atoms with Crippen LogP contribution in [0.15, 0.2) is 48.5 Å². The van der Waals surface area contributed by atoms with Crippen LogP contribution in [0.4, 0.5) is 0 Å². The van der Waals surface area contributed by atoms with Crippen LogP contribution in [0.1, 0.15) is 59.1 Å². The van der Waals surface area contributed by atoms with E-state index >= 15 is 0 Å². The summed E-state index contributed by atoms with van der Waals surface area (Å²) in [5, 5.41) is 3.59. The average molecular weight is 459 g/mol. The van der Waals surface area contributed by atoms with E-state index in [-0.39, 0.29) is 36.4 Å². The molecular formula is C26H35ClN2O3. The lowest BCUT2D eigenvalue weighted by molar-refractivity contribution is -0.142. The van der Waals surface area contributed by atoms with Crippen molar-refractivity contribution in [3.05, 3.63) is 64.7 Å². The zero-order valence-electron chi connectivity index (χ0n) is 19.9. The minimum atomic E-state index is -0.645. The van der Waals surface area contributed by atoms with Gasteiger partial charge in [-0.15, -0.1) is 0 Å². The van der Waals surface area contributed by atoms with Crippen molar-refractivity contribution in [1.82, 2.24) is 10.2 Å². The van der Waals surface area contributed by atoms with Crippen molar-refractivity contribution in [1.29, 1.82) is 0 Å². The number of carbonyl (C=O) groups excluding carboxylic acids is 2. The molecule has 0 aliphatic carbocycles. The SMILES string of the molecule is CC[C@@H](C)NC(=O)[C@H](C)N(Cc1ccc(Cl)cc1)C(=O)COc1ccccc1C(C)(C)C. The molecule has 2 atom stereocenters. The summed E-state index contributed by atoms with van der Waals surface area (Å²) in [5.74, 6) is 0.240. The van der Waals surface area contributed by atoms with Crippen molar-refractivity contribution >= 4 is 23.4 Å². The number of benzene rings is 2. The lowest BCUT2D eigenvalue weighted by Gasteiger charge is -2.30. The molecule has 2 aromatic rings. The van der Waals surface area contributed by atoms with E-state index in [1.807, 2.05) is 50.2 Å². The number of carbonyl (C=O) groups is 2. The van der Waals surface area contributed by atoms with Crippen LogP contribution < -0.4 is 10.1 Å². The molecule has 0 saturated heterocycles. The Labute approximate surface area is 197 Å². The molecule has 0 unspecified atom stereocenters. The van der Waals surface area contributed by atoms with Crippen LogP contribution in [0, 0.1) is 0 Å². The van der Waals surface area contributed by atoms with Crippen LogP contribution in [-0.2, 0) is 21.5 Å². The van der Waals surface area contributed by atoms with Crippen LogP contribution in [-0.4, -0.2) is 35.4 Å². The highest BCUT2D eigenvalue weighted by molar-refractivity contribution is 6.30. The van der Waals surface area contributed by atoms with Crippen LogP contribution >= 0.6 is 11.6 Å². The van der Waals surface area contributed by atoms with Gasteiger partial charge in [0.1, 0.15) is 11.8 Å². The number of halogens is 1. The Hall–Kier alpha value is -2.53. The Morgan fingerprint density at radius 2 is 1.69 bits per heavy atom. The van der Waals surface area contributed by atoms with E-state index in [2.05, 4.69) is 26.1 Å². The fourth-order valence-corrected chi connectivity index (χ4v) is 3.40. The van der Waals surface area contributed by atoms with E-state index in [0.717, 1.165) is 17.5 Å². The largest absolute Gasteiger partial charge is 0.483 e. The molecule has 0 aliphatic heterocycles. The maximum atomic E-state index is 13.2. The molecule has 0 aromatic heterocycles. The van der Waals surface area contributed by atoms with Gasteiger partial charge in [0.2, 0.25) is 5.91 Å². The third-order valence-electron chi connectivity index (χ3n) is 5.48. The second-order valence-electron chi connectivity index (χ2n) is 9.18. The van der Waals surface area contributed by atoms with Gasteiger partial charge in [0.25, 0.3) is 5.91 Å². The highest BCUT2D eigenvalue weighted by Gasteiger charge is 2.28. The minimum absolute atomic E-state index is 0.0346. The Morgan fingerprint density at radius 3 is 2.28 bits per heavy atom. The topological polar surface area (TPSA) is 58.6 Å². The van der Waals surface area contributed by atoms with Gasteiger partial charge in [0.15, 0.2) is 6.61 Å². The first kappa shape index (κ1) is 25.7. The second-order valence-corrected chi connectivity index (χ2v) is 9.61. The smallest absolute Gasteiger partial charge is 0.261 e.